The van der Waals surface area contributed by atoms with Crippen LogP contribution in [-0.4, -0.2) is 5.97 Å². The van der Waals surface area contributed by atoms with Crippen LogP contribution in [0.1, 0.15) is 32.1 Å². The zero-order chi connectivity index (χ0) is 8.97. The zero-order valence-electron chi connectivity index (χ0n) is 7.01. The standard InChI is InChI=1S/C9H13BrO2/c1-7(9(11)12-10)8-5-3-2-4-6-8/h8H,1-6H2. The molecule has 0 spiro atoms. The van der Waals surface area contributed by atoms with Crippen molar-refractivity contribution in [1.29, 1.82) is 0 Å². The lowest BCUT2D eigenvalue weighted by molar-refractivity contribution is -0.128. The fourth-order valence-electron chi connectivity index (χ4n) is 1.67. The smallest absolute Gasteiger partial charge is 0.345 e. The van der Waals surface area contributed by atoms with E-state index in [1.807, 2.05) is 0 Å². The maximum atomic E-state index is 11.0. The van der Waals surface area contributed by atoms with E-state index in [1.165, 1.54) is 19.3 Å². The van der Waals surface area contributed by atoms with Gasteiger partial charge in [0.25, 0.3) is 0 Å². The molecule has 0 unspecified atom stereocenters. The normalized spacial score (nSPS) is 18.8. The second-order valence-corrected chi connectivity index (χ2v) is 3.55. The van der Waals surface area contributed by atoms with E-state index in [-0.39, 0.29) is 5.97 Å². The number of carbonyl (C=O) groups excluding carboxylic acids is 1. The number of hydrogen-bond donors (Lipinski definition) is 0. The van der Waals surface area contributed by atoms with Crippen molar-refractivity contribution in [2.24, 2.45) is 5.92 Å². The summed E-state index contributed by atoms with van der Waals surface area (Å²) in [5, 5.41) is 0. The van der Waals surface area contributed by atoms with Crippen molar-refractivity contribution in [3.63, 3.8) is 0 Å². The minimum Gasteiger partial charge on any atom is -0.380 e. The largest absolute Gasteiger partial charge is 0.380 e. The molecule has 68 valence electrons. The molecule has 1 saturated carbocycles. The van der Waals surface area contributed by atoms with Crippen LogP contribution in [0.5, 0.6) is 0 Å². The van der Waals surface area contributed by atoms with E-state index in [1.54, 1.807) is 0 Å². The first-order valence-corrected chi connectivity index (χ1v) is 4.92. The first kappa shape index (κ1) is 9.78. The van der Waals surface area contributed by atoms with Crippen molar-refractivity contribution < 1.29 is 8.62 Å². The average molecular weight is 233 g/mol. The Morgan fingerprint density at radius 2 is 1.92 bits per heavy atom. The highest BCUT2D eigenvalue weighted by Gasteiger charge is 2.21. The topological polar surface area (TPSA) is 26.3 Å². The Labute approximate surface area is 81.4 Å². The van der Waals surface area contributed by atoms with Crippen molar-refractivity contribution in [3.05, 3.63) is 12.2 Å². The first-order valence-electron chi connectivity index (χ1n) is 4.27. The molecule has 0 saturated heterocycles. The van der Waals surface area contributed by atoms with E-state index in [0.717, 1.165) is 12.8 Å². The Hall–Kier alpha value is -0.310. The van der Waals surface area contributed by atoms with Crippen molar-refractivity contribution >= 4 is 22.2 Å². The van der Waals surface area contributed by atoms with Gasteiger partial charge in [0.15, 0.2) is 16.3 Å². The van der Waals surface area contributed by atoms with E-state index in [4.69, 9.17) is 0 Å². The van der Waals surface area contributed by atoms with Crippen LogP contribution in [0, 0.1) is 5.92 Å². The Morgan fingerprint density at radius 3 is 2.42 bits per heavy atom. The molecule has 0 bridgehead atoms. The predicted octanol–water partition coefficient (Wildman–Crippen LogP) is 2.98. The van der Waals surface area contributed by atoms with E-state index < -0.39 is 0 Å². The Kier molecular flexibility index (Phi) is 3.79. The van der Waals surface area contributed by atoms with Gasteiger partial charge in [-0.05, 0) is 18.8 Å². The van der Waals surface area contributed by atoms with Gasteiger partial charge in [-0.25, -0.2) is 4.79 Å². The molecule has 1 aliphatic carbocycles. The van der Waals surface area contributed by atoms with Crippen LogP contribution in [0.4, 0.5) is 0 Å². The van der Waals surface area contributed by atoms with Crippen LogP contribution in [-0.2, 0) is 8.62 Å². The quantitative estimate of drug-likeness (QED) is 0.685. The Bertz CT molecular complexity index is 183. The number of rotatable bonds is 2. The molecule has 1 aliphatic rings. The molecule has 0 atom stereocenters. The van der Waals surface area contributed by atoms with Gasteiger partial charge in [-0.3, -0.25) is 0 Å². The van der Waals surface area contributed by atoms with Gasteiger partial charge in [0.1, 0.15) is 0 Å². The summed E-state index contributed by atoms with van der Waals surface area (Å²) in [7, 11) is 0. The Morgan fingerprint density at radius 1 is 1.33 bits per heavy atom. The molecule has 12 heavy (non-hydrogen) atoms. The molecule has 1 rings (SSSR count). The highest BCUT2D eigenvalue weighted by Crippen LogP contribution is 2.29. The van der Waals surface area contributed by atoms with E-state index in [2.05, 4.69) is 26.7 Å². The predicted molar refractivity (Wildman–Crippen MR) is 50.7 cm³/mol. The summed E-state index contributed by atoms with van der Waals surface area (Å²) in [5.41, 5.74) is 0.617. The summed E-state index contributed by atoms with van der Waals surface area (Å²) in [4.78, 5) is 11.0. The van der Waals surface area contributed by atoms with Gasteiger partial charge in [-0.2, -0.15) is 0 Å². The molecule has 0 heterocycles. The molecule has 0 radical (unpaired) electrons. The van der Waals surface area contributed by atoms with Gasteiger partial charge in [0, 0.05) is 5.57 Å². The molecule has 2 nitrogen and oxygen atoms in total. The molecule has 0 aromatic carbocycles. The van der Waals surface area contributed by atoms with Crippen LogP contribution in [0.25, 0.3) is 0 Å². The lowest BCUT2D eigenvalue weighted by atomic mass is 9.84. The SMILES string of the molecule is C=C(C(=O)OBr)C1CCCCC1. The molecule has 3 heteroatoms. The van der Waals surface area contributed by atoms with E-state index >= 15 is 0 Å². The maximum absolute atomic E-state index is 11.0. The fourth-order valence-corrected chi connectivity index (χ4v) is 1.88. The average Bonchev–Trinajstić information content (AvgIpc) is 2.17. The summed E-state index contributed by atoms with van der Waals surface area (Å²) in [6.45, 7) is 3.74. The van der Waals surface area contributed by atoms with Crippen molar-refractivity contribution in [1.82, 2.24) is 0 Å². The van der Waals surface area contributed by atoms with Crippen molar-refractivity contribution in [2.45, 2.75) is 32.1 Å². The second kappa shape index (κ2) is 4.65. The summed E-state index contributed by atoms with van der Waals surface area (Å²) in [6, 6.07) is 0. The molecule has 0 aliphatic heterocycles. The molecule has 1 fully saturated rings. The molecule has 0 aromatic rings. The lowest BCUT2D eigenvalue weighted by Crippen LogP contribution is -2.15. The van der Waals surface area contributed by atoms with Crippen LogP contribution in [0.3, 0.4) is 0 Å². The first-order chi connectivity index (χ1) is 5.75. The van der Waals surface area contributed by atoms with E-state index in [0.29, 0.717) is 11.5 Å². The fraction of sp³-hybridized carbons (Fsp3) is 0.667. The van der Waals surface area contributed by atoms with Gasteiger partial charge in [-0.1, -0.05) is 25.8 Å². The van der Waals surface area contributed by atoms with Gasteiger partial charge in [-0.15, -0.1) is 0 Å². The zero-order valence-corrected chi connectivity index (χ0v) is 8.60. The molecule has 0 amide bonds. The highest BCUT2D eigenvalue weighted by molar-refractivity contribution is 9.06. The van der Waals surface area contributed by atoms with Gasteiger partial charge >= 0.3 is 5.97 Å². The minimum atomic E-state index is -0.318. The number of hydrogen-bond acceptors (Lipinski definition) is 2. The van der Waals surface area contributed by atoms with Gasteiger partial charge in [0.2, 0.25) is 0 Å². The van der Waals surface area contributed by atoms with Crippen LogP contribution < -0.4 is 0 Å². The van der Waals surface area contributed by atoms with Gasteiger partial charge in [0.05, 0.1) is 0 Å². The summed E-state index contributed by atoms with van der Waals surface area (Å²) in [5.74, 6) is 0.0331. The third-order valence-corrected chi connectivity index (χ3v) is 2.72. The summed E-state index contributed by atoms with van der Waals surface area (Å²) >= 11 is 2.67. The number of halogens is 1. The highest BCUT2D eigenvalue weighted by atomic mass is 79.9. The maximum Gasteiger partial charge on any atom is 0.345 e. The van der Waals surface area contributed by atoms with Crippen LogP contribution >= 0.6 is 16.3 Å². The minimum absolute atomic E-state index is 0.318. The Balaban J connectivity index is 2.45. The van der Waals surface area contributed by atoms with Gasteiger partial charge < -0.3 is 3.83 Å². The third-order valence-electron chi connectivity index (χ3n) is 2.43. The molecular formula is C9H13BrO2. The molecule has 0 aromatic heterocycles. The summed E-state index contributed by atoms with van der Waals surface area (Å²) in [6.07, 6.45) is 5.87. The summed E-state index contributed by atoms with van der Waals surface area (Å²) < 4.78 is 4.44. The lowest BCUT2D eigenvalue weighted by Gasteiger charge is -2.21. The molecular weight excluding hydrogens is 220 g/mol. The van der Waals surface area contributed by atoms with Crippen LogP contribution in [0.2, 0.25) is 0 Å². The monoisotopic (exact) mass is 232 g/mol. The molecule has 0 N–H and O–H groups in total. The van der Waals surface area contributed by atoms with Crippen LogP contribution in [0.15, 0.2) is 12.2 Å². The van der Waals surface area contributed by atoms with Crippen molar-refractivity contribution in [2.75, 3.05) is 0 Å². The van der Waals surface area contributed by atoms with E-state index in [9.17, 15) is 4.79 Å². The third kappa shape index (κ3) is 2.34. The second-order valence-electron chi connectivity index (χ2n) is 3.22. The number of carbonyl (C=O) groups is 1. The van der Waals surface area contributed by atoms with Crippen molar-refractivity contribution in [3.8, 4) is 0 Å².